The van der Waals surface area contributed by atoms with Crippen LogP contribution in [0, 0.1) is 0 Å². The highest BCUT2D eigenvalue weighted by Crippen LogP contribution is 2.34. The summed E-state index contributed by atoms with van der Waals surface area (Å²) in [7, 11) is -4.31. The number of ether oxygens (including phenoxy) is 1. The third kappa shape index (κ3) is 10.0. The average molecular weight is 769 g/mol. The summed E-state index contributed by atoms with van der Waals surface area (Å²) in [5, 5.41) is 3.97. The molecule has 8 nitrogen and oxygen atoms in total. The van der Waals surface area contributed by atoms with Crippen molar-refractivity contribution in [3.8, 4) is 5.75 Å². The number of halogens is 2. The zero-order valence-electron chi connectivity index (χ0n) is 28.8. The molecule has 1 saturated carbocycles. The van der Waals surface area contributed by atoms with Gasteiger partial charge < -0.3 is 15.0 Å². The van der Waals surface area contributed by atoms with E-state index in [0.29, 0.717) is 21.4 Å². The number of carbonyl (C=O) groups excluding carboxylic acids is 2. The predicted molar refractivity (Wildman–Crippen MR) is 206 cm³/mol. The topological polar surface area (TPSA) is 96.0 Å². The molecule has 4 aromatic carbocycles. The Bertz CT molecular complexity index is 1890. The van der Waals surface area contributed by atoms with Gasteiger partial charge in [0, 0.05) is 33.9 Å². The number of amides is 2. The van der Waals surface area contributed by atoms with Gasteiger partial charge in [0.1, 0.15) is 18.3 Å². The van der Waals surface area contributed by atoms with Gasteiger partial charge in [-0.2, -0.15) is 0 Å². The molecule has 1 atom stereocenters. The number of rotatable bonds is 15. The number of para-hydroxylation sites is 2. The first-order chi connectivity index (χ1) is 24.6. The second kappa shape index (κ2) is 18.2. The first-order valence-corrected chi connectivity index (χ1v) is 20.5. The van der Waals surface area contributed by atoms with Crippen molar-refractivity contribution in [3.05, 3.63) is 118 Å². The SMILES string of the molecule is CCOc1ccccc1N(CC(=O)N(Cc1ccc(Cl)cc1Cl)[C@@H](Cc1ccccc1)C(=O)NC1CCCCC1)S(=O)(=O)c1ccc(SC)cc1. The molecule has 1 aliphatic rings. The standard InChI is InChI=1S/C39H43Cl2N3O5S2/c1-3-49-37-17-11-10-16-35(37)44(51(47,48)33-22-20-32(50-2)21-23-33)27-38(45)43(26-29-18-19-30(40)25-34(29)41)36(24-28-12-6-4-7-13-28)39(46)42-31-14-8-5-9-15-31/h4,6-7,10-13,16-23,25,31,36H,3,5,8-9,14-15,24,26-27H2,1-2H3,(H,42,46)/t36-/m0/s1. The van der Waals surface area contributed by atoms with Crippen molar-refractivity contribution in [1.29, 1.82) is 0 Å². The molecule has 0 saturated heterocycles. The molecule has 0 spiro atoms. The van der Waals surface area contributed by atoms with Crippen molar-refractivity contribution in [2.45, 2.75) is 73.9 Å². The van der Waals surface area contributed by atoms with Crippen LogP contribution in [-0.4, -0.2) is 56.6 Å². The van der Waals surface area contributed by atoms with E-state index in [0.717, 1.165) is 46.9 Å². The Labute approximate surface area is 315 Å². The van der Waals surface area contributed by atoms with Crippen molar-refractivity contribution in [2.75, 3.05) is 23.7 Å². The second-order valence-electron chi connectivity index (χ2n) is 12.4. The lowest BCUT2D eigenvalue weighted by Crippen LogP contribution is -2.55. The van der Waals surface area contributed by atoms with E-state index in [4.69, 9.17) is 27.9 Å². The van der Waals surface area contributed by atoms with Crippen molar-refractivity contribution in [3.63, 3.8) is 0 Å². The van der Waals surface area contributed by atoms with E-state index in [1.165, 1.54) is 28.8 Å². The Morgan fingerprint density at radius 1 is 0.922 bits per heavy atom. The number of nitrogens with zero attached hydrogens (tertiary/aromatic N) is 2. The number of thioether (sulfide) groups is 1. The molecule has 12 heteroatoms. The van der Waals surface area contributed by atoms with E-state index in [2.05, 4.69) is 5.32 Å². The summed E-state index contributed by atoms with van der Waals surface area (Å²) in [5.74, 6) is -0.586. The number of carbonyl (C=O) groups is 2. The normalized spacial score (nSPS) is 14.0. The number of benzene rings is 4. The highest BCUT2D eigenvalue weighted by atomic mass is 35.5. The summed E-state index contributed by atoms with van der Waals surface area (Å²) < 4.78 is 36.0. The molecule has 1 N–H and O–H groups in total. The summed E-state index contributed by atoms with van der Waals surface area (Å²) >= 11 is 14.4. The van der Waals surface area contributed by atoms with Crippen LogP contribution in [-0.2, 0) is 32.6 Å². The van der Waals surface area contributed by atoms with E-state index in [-0.39, 0.29) is 42.1 Å². The smallest absolute Gasteiger partial charge is 0.264 e. The molecule has 2 amide bonds. The van der Waals surface area contributed by atoms with Gasteiger partial charge in [0.15, 0.2) is 0 Å². The molecule has 270 valence electrons. The van der Waals surface area contributed by atoms with Gasteiger partial charge in [0.05, 0.1) is 17.2 Å². The molecule has 0 bridgehead atoms. The van der Waals surface area contributed by atoms with Crippen LogP contribution in [0.4, 0.5) is 5.69 Å². The molecular weight excluding hydrogens is 725 g/mol. The lowest BCUT2D eigenvalue weighted by molar-refractivity contribution is -0.140. The van der Waals surface area contributed by atoms with E-state index < -0.39 is 28.5 Å². The summed E-state index contributed by atoms with van der Waals surface area (Å²) in [6.07, 6.45) is 6.97. The van der Waals surface area contributed by atoms with Crippen LogP contribution in [0.3, 0.4) is 0 Å². The maximum Gasteiger partial charge on any atom is 0.264 e. The van der Waals surface area contributed by atoms with Crippen LogP contribution in [0.15, 0.2) is 107 Å². The van der Waals surface area contributed by atoms with Gasteiger partial charge in [0.2, 0.25) is 11.8 Å². The molecule has 4 aromatic rings. The van der Waals surface area contributed by atoms with Crippen LogP contribution in [0.1, 0.15) is 50.2 Å². The third-order valence-electron chi connectivity index (χ3n) is 8.94. The Morgan fingerprint density at radius 3 is 2.27 bits per heavy atom. The molecule has 0 aliphatic heterocycles. The molecule has 5 rings (SSSR count). The highest BCUT2D eigenvalue weighted by molar-refractivity contribution is 7.98. The second-order valence-corrected chi connectivity index (χ2v) is 16.0. The van der Waals surface area contributed by atoms with E-state index in [9.17, 15) is 18.0 Å². The number of sulfonamides is 1. The number of hydrogen-bond acceptors (Lipinski definition) is 6. The molecule has 0 radical (unpaired) electrons. The molecule has 0 heterocycles. The fourth-order valence-corrected chi connectivity index (χ4v) is 8.56. The third-order valence-corrected chi connectivity index (χ3v) is 12.0. The molecule has 0 aromatic heterocycles. The summed E-state index contributed by atoms with van der Waals surface area (Å²) in [6.45, 7) is 1.42. The van der Waals surface area contributed by atoms with Gasteiger partial charge in [-0.05, 0) is 85.7 Å². The van der Waals surface area contributed by atoms with Gasteiger partial charge in [-0.15, -0.1) is 11.8 Å². The summed E-state index contributed by atoms with van der Waals surface area (Å²) in [5.41, 5.74) is 1.62. The van der Waals surface area contributed by atoms with Crippen molar-refractivity contribution in [1.82, 2.24) is 10.2 Å². The molecule has 51 heavy (non-hydrogen) atoms. The first-order valence-electron chi connectivity index (χ1n) is 17.1. The van der Waals surface area contributed by atoms with E-state index >= 15 is 0 Å². The summed E-state index contributed by atoms with van der Waals surface area (Å²) in [4.78, 5) is 31.6. The lowest BCUT2D eigenvalue weighted by Gasteiger charge is -2.35. The Morgan fingerprint density at radius 2 is 1.61 bits per heavy atom. The zero-order chi connectivity index (χ0) is 36.4. The van der Waals surface area contributed by atoms with Crippen molar-refractivity contribution < 1.29 is 22.7 Å². The Balaban J connectivity index is 1.61. The fourth-order valence-electron chi connectivity index (χ4n) is 6.26. The van der Waals surface area contributed by atoms with Gasteiger partial charge in [0.25, 0.3) is 10.0 Å². The van der Waals surface area contributed by atoms with Gasteiger partial charge in [-0.25, -0.2) is 8.42 Å². The van der Waals surface area contributed by atoms with Gasteiger partial charge in [-0.3, -0.25) is 13.9 Å². The van der Waals surface area contributed by atoms with Gasteiger partial charge >= 0.3 is 0 Å². The molecular formula is C39H43Cl2N3O5S2. The average Bonchev–Trinajstić information content (AvgIpc) is 3.14. The van der Waals surface area contributed by atoms with Crippen LogP contribution in [0.5, 0.6) is 5.75 Å². The maximum atomic E-state index is 14.9. The zero-order valence-corrected chi connectivity index (χ0v) is 31.9. The van der Waals surface area contributed by atoms with Crippen molar-refractivity contribution >= 4 is 62.5 Å². The number of anilines is 1. The van der Waals surface area contributed by atoms with Crippen molar-refractivity contribution in [2.24, 2.45) is 0 Å². The quantitative estimate of drug-likeness (QED) is 0.122. The van der Waals surface area contributed by atoms with Crippen LogP contribution in [0.25, 0.3) is 0 Å². The minimum Gasteiger partial charge on any atom is -0.492 e. The molecule has 0 unspecified atom stereocenters. The van der Waals surface area contributed by atoms with Crippen LogP contribution in [0.2, 0.25) is 10.0 Å². The first kappa shape index (κ1) is 38.5. The maximum absolute atomic E-state index is 14.9. The highest BCUT2D eigenvalue weighted by Gasteiger charge is 2.36. The fraction of sp³-hybridized carbons (Fsp3) is 0.333. The number of nitrogens with one attached hydrogen (secondary N) is 1. The lowest BCUT2D eigenvalue weighted by atomic mass is 9.94. The van der Waals surface area contributed by atoms with E-state index in [1.54, 1.807) is 61.5 Å². The number of hydrogen-bond donors (Lipinski definition) is 1. The van der Waals surface area contributed by atoms with Crippen LogP contribution >= 0.6 is 35.0 Å². The van der Waals surface area contributed by atoms with Crippen LogP contribution < -0.4 is 14.4 Å². The van der Waals surface area contributed by atoms with Gasteiger partial charge in [-0.1, -0.05) is 91.0 Å². The minimum absolute atomic E-state index is 0.0141. The Hall–Kier alpha value is -3.70. The largest absolute Gasteiger partial charge is 0.492 e. The Kier molecular flexibility index (Phi) is 13.7. The molecule has 1 fully saturated rings. The van der Waals surface area contributed by atoms with E-state index in [1.807, 2.05) is 36.6 Å². The predicted octanol–water partition coefficient (Wildman–Crippen LogP) is 8.40. The summed E-state index contributed by atoms with van der Waals surface area (Å²) in [6, 6.07) is 26.7. The monoisotopic (exact) mass is 767 g/mol. The molecule has 1 aliphatic carbocycles. The minimum atomic E-state index is -4.31.